The molecule has 0 saturated heterocycles. The highest BCUT2D eigenvalue weighted by atomic mass is 16.1. The molecule has 0 radical (unpaired) electrons. The zero-order valence-electron chi connectivity index (χ0n) is 15.4. The Morgan fingerprint density at radius 3 is 3.00 bits per heavy atom. The van der Waals surface area contributed by atoms with E-state index >= 15 is 0 Å². The maximum atomic E-state index is 12.4. The average molecular weight is 351 g/mol. The van der Waals surface area contributed by atoms with E-state index in [-0.39, 0.29) is 5.91 Å². The van der Waals surface area contributed by atoms with Crippen molar-refractivity contribution in [2.75, 3.05) is 6.54 Å². The molecule has 2 aromatic heterocycles. The number of H-pyrrole nitrogens is 1. The van der Waals surface area contributed by atoms with Crippen LogP contribution in [0, 0.1) is 0 Å². The topological polar surface area (TPSA) is 75.6 Å². The Morgan fingerprint density at radius 1 is 1.31 bits per heavy atom. The summed E-state index contributed by atoms with van der Waals surface area (Å²) in [7, 11) is 0. The van der Waals surface area contributed by atoms with Gasteiger partial charge in [0.25, 0.3) is 5.91 Å². The number of rotatable bonds is 6. The van der Waals surface area contributed by atoms with E-state index in [1.165, 1.54) is 5.52 Å². The molecule has 26 heavy (non-hydrogen) atoms. The molecule has 1 aliphatic carbocycles. The zero-order valence-corrected chi connectivity index (χ0v) is 15.4. The third-order valence-electron chi connectivity index (χ3n) is 5.07. The number of carbonyl (C=O) groups is 1. The monoisotopic (exact) mass is 351 g/mol. The number of aromatic amines is 1. The molecule has 1 aromatic carbocycles. The normalized spacial score (nSPS) is 13.5. The first-order valence-electron chi connectivity index (χ1n) is 9.45. The molecule has 0 spiro atoms. The molecular weight excluding hydrogens is 326 g/mol. The molecule has 1 amide bonds. The molecule has 0 aliphatic heterocycles. The summed E-state index contributed by atoms with van der Waals surface area (Å²) in [4.78, 5) is 17.2. The number of aromatic nitrogens is 4. The van der Waals surface area contributed by atoms with Crippen molar-refractivity contribution in [3.63, 3.8) is 0 Å². The van der Waals surface area contributed by atoms with Crippen LogP contribution in [0.5, 0.6) is 0 Å². The number of fused-ring (bicyclic) bond motifs is 2. The number of carbonyl (C=O) groups excluding carboxylic acids is 1. The van der Waals surface area contributed by atoms with Crippen molar-refractivity contribution in [1.82, 2.24) is 25.1 Å². The number of nitrogens with zero attached hydrogens (tertiary/aromatic N) is 3. The fourth-order valence-electron chi connectivity index (χ4n) is 3.89. The first kappa shape index (κ1) is 16.8. The molecule has 0 bridgehead atoms. The largest absolute Gasteiger partial charge is 0.351 e. The van der Waals surface area contributed by atoms with Gasteiger partial charge in [-0.1, -0.05) is 12.1 Å². The van der Waals surface area contributed by atoms with Gasteiger partial charge < -0.3 is 9.88 Å². The SMILES string of the molecule is CC(C)n1c(CCCNC(=O)c2n[nH]c3c2CCC3)nc2ccccc21. The first-order chi connectivity index (χ1) is 12.6. The van der Waals surface area contributed by atoms with Crippen molar-refractivity contribution in [3.8, 4) is 0 Å². The van der Waals surface area contributed by atoms with Crippen molar-refractivity contribution in [2.24, 2.45) is 0 Å². The number of aryl methyl sites for hydroxylation is 2. The van der Waals surface area contributed by atoms with Gasteiger partial charge in [-0.25, -0.2) is 4.98 Å². The molecule has 1 aliphatic rings. The van der Waals surface area contributed by atoms with Crippen LogP contribution in [-0.2, 0) is 19.3 Å². The minimum absolute atomic E-state index is 0.0678. The predicted molar refractivity (Wildman–Crippen MR) is 101 cm³/mol. The summed E-state index contributed by atoms with van der Waals surface area (Å²) < 4.78 is 2.29. The van der Waals surface area contributed by atoms with Gasteiger partial charge in [-0.05, 0) is 51.7 Å². The second-order valence-electron chi connectivity index (χ2n) is 7.22. The molecule has 6 heteroatoms. The van der Waals surface area contributed by atoms with E-state index in [0.717, 1.165) is 54.7 Å². The minimum atomic E-state index is -0.0678. The first-order valence-corrected chi connectivity index (χ1v) is 9.45. The maximum Gasteiger partial charge on any atom is 0.272 e. The van der Waals surface area contributed by atoms with Crippen LogP contribution in [0.4, 0.5) is 0 Å². The smallest absolute Gasteiger partial charge is 0.272 e. The van der Waals surface area contributed by atoms with Crippen LogP contribution >= 0.6 is 0 Å². The van der Waals surface area contributed by atoms with Crippen LogP contribution in [-0.4, -0.2) is 32.2 Å². The van der Waals surface area contributed by atoms with Crippen molar-refractivity contribution in [3.05, 3.63) is 47.0 Å². The van der Waals surface area contributed by atoms with Crippen LogP contribution in [0.3, 0.4) is 0 Å². The molecule has 2 heterocycles. The lowest BCUT2D eigenvalue weighted by Crippen LogP contribution is -2.26. The molecule has 0 saturated carbocycles. The molecule has 136 valence electrons. The number of hydrogen-bond donors (Lipinski definition) is 2. The highest BCUT2D eigenvalue weighted by Gasteiger charge is 2.22. The number of imidazole rings is 1. The number of hydrogen-bond acceptors (Lipinski definition) is 3. The summed E-state index contributed by atoms with van der Waals surface area (Å²) in [5.41, 5.74) is 5.01. The van der Waals surface area contributed by atoms with E-state index in [4.69, 9.17) is 4.98 Å². The second-order valence-corrected chi connectivity index (χ2v) is 7.22. The molecule has 0 unspecified atom stereocenters. The van der Waals surface area contributed by atoms with E-state index in [1.807, 2.05) is 6.07 Å². The lowest BCUT2D eigenvalue weighted by atomic mass is 10.2. The summed E-state index contributed by atoms with van der Waals surface area (Å²) in [6.07, 6.45) is 4.75. The molecule has 0 fully saturated rings. The Hall–Kier alpha value is -2.63. The van der Waals surface area contributed by atoms with Gasteiger partial charge in [0.1, 0.15) is 5.82 Å². The minimum Gasteiger partial charge on any atom is -0.351 e. The summed E-state index contributed by atoms with van der Waals surface area (Å²) in [5.74, 6) is 1.01. The van der Waals surface area contributed by atoms with Crippen molar-refractivity contribution < 1.29 is 4.79 Å². The van der Waals surface area contributed by atoms with Gasteiger partial charge in [0.05, 0.1) is 11.0 Å². The third kappa shape index (κ3) is 3.00. The Kier molecular flexibility index (Phi) is 4.49. The van der Waals surface area contributed by atoms with Crippen molar-refractivity contribution >= 4 is 16.9 Å². The molecule has 4 rings (SSSR count). The predicted octanol–water partition coefficient (Wildman–Crippen LogP) is 3.19. The van der Waals surface area contributed by atoms with E-state index in [0.29, 0.717) is 18.3 Å². The van der Waals surface area contributed by atoms with Crippen LogP contribution in [0.2, 0.25) is 0 Å². The zero-order chi connectivity index (χ0) is 18.1. The lowest BCUT2D eigenvalue weighted by Gasteiger charge is -2.13. The van der Waals surface area contributed by atoms with Crippen LogP contribution in [0.15, 0.2) is 24.3 Å². The van der Waals surface area contributed by atoms with E-state index < -0.39 is 0 Å². The molecular formula is C20H25N5O. The summed E-state index contributed by atoms with van der Waals surface area (Å²) in [6, 6.07) is 8.60. The van der Waals surface area contributed by atoms with E-state index in [9.17, 15) is 4.79 Å². The standard InChI is InChI=1S/C20H25N5O/c1-13(2)25-17-10-4-3-8-16(17)22-18(25)11-6-12-21-20(26)19-14-7-5-9-15(14)23-24-19/h3-4,8,10,13H,5-7,9,11-12H2,1-2H3,(H,21,26)(H,23,24). The van der Waals surface area contributed by atoms with Crippen molar-refractivity contribution in [2.45, 2.75) is 52.0 Å². The quantitative estimate of drug-likeness (QED) is 0.670. The van der Waals surface area contributed by atoms with Crippen LogP contribution < -0.4 is 5.32 Å². The Bertz CT molecular complexity index is 937. The molecule has 0 atom stereocenters. The second kappa shape index (κ2) is 6.94. The van der Waals surface area contributed by atoms with Gasteiger partial charge in [0.2, 0.25) is 0 Å². The lowest BCUT2D eigenvalue weighted by molar-refractivity contribution is 0.0947. The number of para-hydroxylation sites is 2. The highest BCUT2D eigenvalue weighted by molar-refractivity contribution is 5.94. The van der Waals surface area contributed by atoms with Gasteiger partial charge >= 0.3 is 0 Å². The molecule has 3 aromatic rings. The summed E-state index contributed by atoms with van der Waals surface area (Å²) in [5, 5.41) is 10.2. The van der Waals surface area contributed by atoms with Crippen LogP contribution in [0.25, 0.3) is 11.0 Å². The Balaban J connectivity index is 1.38. The molecule has 2 N–H and O–H groups in total. The highest BCUT2D eigenvalue weighted by Crippen LogP contribution is 2.23. The number of nitrogens with one attached hydrogen (secondary N) is 2. The number of benzene rings is 1. The fraction of sp³-hybridized carbons (Fsp3) is 0.450. The van der Waals surface area contributed by atoms with Gasteiger partial charge in [-0.15, -0.1) is 0 Å². The average Bonchev–Trinajstić information content (AvgIpc) is 3.31. The van der Waals surface area contributed by atoms with Gasteiger partial charge in [-0.3, -0.25) is 9.89 Å². The van der Waals surface area contributed by atoms with Crippen LogP contribution in [0.1, 0.15) is 60.3 Å². The van der Waals surface area contributed by atoms with E-state index in [1.54, 1.807) is 0 Å². The Morgan fingerprint density at radius 2 is 2.15 bits per heavy atom. The fourth-order valence-corrected chi connectivity index (χ4v) is 3.89. The maximum absolute atomic E-state index is 12.4. The number of amides is 1. The van der Waals surface area contributed by atoms with Gasteiger partial charge in [0, 0.05) is 30.3 Å². The van der Waals surface area contributed by atoms with Crippen molar-refractivity contribution in [1.29, 1.82) is 0 Å². The summed E-state index contributed by atoms with van der Waals surface area (Å²) >= 11 is 0. The van der Waals surface area contributed by atoms with Gasteiger partial charge in [0.15, 0.2) is 5.69 Å². The van der Waals surface area contributed by atoms with E-state index in [2.05, 4.69) is 52.1 Å². The summed E-state index contributed by atoms with van der Waals surface area (Å²) in [6.45, 7) is 4.98. The Labute approximate surface area is 153 Å². The van der Waals surface area contributed by atoms with Gasteiger partial charge in [-0.2, -0.15) is 5.10 Å². The molecule has 6 nitrogen and oxygen atoms in total. The third-order valence-corrected chi connectivity index (χ3v) is 5.07.